The summed E-state index contributed by atoms with van der Waals surface area (Å²) in [5, 5.41) is 9.50. The Bertz CT molecular complexity index is 1080. The molecule has 2 aromatic rings. The maximum atomic E-state index is 13.5. The van der Waals surface area contributed by atoms with Gasteiger partial charge in [0, 0.05) is 12.7 Å². The van der Waals surface area contributed by atoms with Crippen LogP contribution >= 0.6 is 12.2 Å². The quantitative estimate of drug-likeness (QED) is 0.597. The fraction of sp³-hybridized carbons (Fsp3) is 0.318. The minimum atomic E-state index is -4.64. The number of hydrogen-bond acceptors (Lipinski definition) is 3. The van der Waals surface area contributed by atoms with Crippen LogP contribution in [0.15, 0.2) is 47.5 Å². The van der Waals surface area contributed by atoms with E-state index in [9.17, 15) is 13.2 Å². The number of benzene rings is 2. The third-order valence-corrected chi connectivity index (χ3v) is 6.18. The van der Waals surface area contributed by atoms with Gasteiger partial charge >= 0.3 is 6.18 Å². The number of aryl methyl sites for hydroxylation is 1. The van der Waals surface area contributed by atoms with E-state index in [2.05, 4.69) is 4.99 Å². The highest BCUT2D eigenvalue weighted by molar-refractivity contribution is 7.81. The zero-order valence-electron chi connectivity index (χ0n) is 16.5. The van der Waals surface area contributed by atoms with Crippen LogP contribution in [0.3, 0.4) is 0 Å². The van der Waals surface area contributed by atoms with E-state index in [1.165, 1.54) is 12.1 Å². The van der Waals surface area contributed by atoms with Crippen LogP contribution < -0.4 is 9.80 Å². The summed E-state index contributed by atoms with van der Waals surface area (Å²) in [5.41, 5.74) is 0.395. The number of halogens is 3. The van der Waals surface area contributed by atoms with Crippen molar-refractivity contribution in [1.82, 2.24) is 0 Å². The number of nitrogens with zero attached hydrogens (tertiary/aromatic N) is 4. The first kappa shape index (κ1) is 20.4. The second-order valence-electron chi connectivity index (χ2n) is 7.56. The first-order chi connectivity index (χ1) is 14.2. The fourth-order valence-electron chi connectivity index (χ4n) is 4.24. The molecule has 0 bridgehead atoms. The normalized spacial score (nSPS) is 19.3. The average Bonchev–Trinajstić information content (AvgIpc) is 2.96. The number of rotatable bonds is 2. The molecule has 1 spiro atoms. The first-order valence-corrected chi connectivity index (χ1v) is 9.93. The zero-order valence-corrected chi connectivity index (χ0v) is 17.3. The molecule has 1 heterocycles. The van der Waals surface area contributed by atoms with Crippen LogP contribution in [0.5, 0.6) is 0 Å². The van der Waals surface area contributed by atoms with Gasteiger partial charge in [0.05, 0.1) is 22.9 Å². The summed E-state index contributed by atoms with van der Waals surface area (Å²) >= 11 is 5.77. The molecule has 8 heteroatoms. The van der Waals surface area contributed by atoms with Crippen molar-refractivity contribution in [1.29, 1.82) is 5.26 Å². The molecule has 0 unspecified atom stereocenters. The highest BCUT2D eigenvalue weighted by Crippen LogP contribution is 2.49. The van der Waals surface area contributed by atoms with Gasteiger partial charge in [-0.1, -0.05) is 17.7 Å². The summed E-state index contributed by atoms with van der Waals surface area (Å²) in [4.78, 5) is 8.09. The molecular weight excluding hydrogens is 409 g/mol. The molecule has 2 aliphatic rings. The van der Waals surface area contributed by atoms with Crippen LogP contribution in [-0.4, -0.2) is 23.5 Å². The van der Waals surface area contributed by atoms with Gasteiger partial charge in [0.15, 0.2) is 5.11 Å². The van der Waals surface area contributed by atoms with Crippen molar-refractivity contribution < 1.29 is 13.2 Å². The number of hydrogen-bond donors (Lipinski definition) is 0. The molecule has 0 radical (unpaired) electrons. The number of thiocarbonyl (C=S) groups is 1. The third kappa shape index (κ3) is 2.96. The minimum absolute atomic E-state index is 0.257. The van der Waals surface area contributed by atoms with Crippen LogP contribution in [0.1, 0.15) is 36.0 Å². The Morgan fingerprint density at radius 3 is 2.23 bits per heavy atom. The van der Waals surface area contributed by atoms with E-state index < -0.39 is 22.8 Å². The third-order valence-electron chi connectivity index (χ3n) is 5.81. The summed E-state index contributed by atoms with van der Waals surface area (Å²) in [7, 11) is 1.64. The molecule has 0 aromatic heterocycles. The van der Waals surface area contributed by atoms with E-state index in [1.807, 2.05) is 36.1 Å². The van der Waals surface area contributed by atoms with Gasteiger partial charge in [0.25, 0.3) is 0 Å². The van der Waals surface area contributed by atoms with Crippen molar-refractivity contribution in [3.05, 3.63) is 59.2 Å². The van der Waals surface area contributed by atoms with Crippen LogP contribution in [-0.2, 0) is 6.18 Å². The lowest BCUT2D eigenvalue weighted by Crippen LogP contribution is -2.55. The molecule has 0 N–H and O–H groups in total. The highest BCUT2D eigenvalue weighted by atomic mass is 32.1. The van der Waals surface area contributed by atoms with Gasteiger partial charge in [0.2, 0.25) is 0 Å². The molecule has 1 saturated heterocycles. The highest BCUT2D eigenvalue weighted by Gasteiger charge is 2.57. The molecule has 1 saturated carbocycles. The molecule has 30 heavy (non-hydrogen) atoms. The fourth-order valence-corrected chi connectivity index (χ4v) is 4.71. The number of amidine groups is 1. The van der Waals surface area contributed by atoms with Crippen molar-refractivity contribution in [2.45, 2.75) is 37.9 Å². The van der Waals surface area contributed by atoms with Gasteiger partial charge in [-0.3, -0.25) is 9.89 Å². The summed E-state index contributed by atoms with van der Waals surface area (Å²) < 4.78 is 40.6. The lowest BCUT2D eigenvalue weighted by Gasteiger charge is -2.44. The molecule has 4 nitrogen and oxygen atoms in total. The van der Waals surface area contributed by atoms with Crippen molar-refractivity contribution >= 4 is 34.5 Å². The van der Waals surface area contributed by atoms with Gasteiger partial charge < -0.3 is 4.90 Å². The second kappa shape index (κ2) is 7.10. The first-order valence-electron chi connectivity index (χ1n) is 9.52. The predicted molar refractivity (Wildman–Crippen MR) is 115 cm³/mol. The monoisotopic (exact) mass is 428 g/mol. The van der Waals surface area contributed by atoms with Gasteiger partial charge in [-0.05, 0) is 68.7 Å². The Morgan fingerprint density at radius 1 is 1.10 bits per heavy atom. The van der Waals surface area contributed by atoms with E-state index in [0.717, 1.165) is 36.6 Å². The van der Waals surface area contributed by atoms with Crippen molar-refractivity contribution in [3.63, 3.8) is 0 Å². The number of aliphatic imine (C=N–C) groups is 1. The van der Waals surface area contributed by atoms with E-state index in [4.69, 9.17) is 17.5 Å². The SMILES string of the molecule is C/N=C1/N(c2ccc(C#N)c(C(F)(F)F)c2)C(=S)N(c2ccc(C)cc2)C12CCC2. The topological polar surface area (TPSA) is 42.6 Å². The molecule has 154 valence electrons. The Kier molecular flexibility index (Phi) is 4.82. The molecule has 4 rings (SSSR count). The van der Waals surface area contributed by atoms with Crippen molar-refractivity contribution in [3.8, 4) is 6.07 Å². The van der Waals surface area contributed by atoms with E-state index in [1.54, 1.807) is 18.0 Å². The molecule has 2 fully saturated rings. The Morgan fingerprint density at radius 2 is 1.73 bits per heavy atom. The minimum Gasteiger partial charge on any atom is -0.305 e. The van der Waals surface area contributed by atoms with Crippen LogP contribution in [0.25, 0.3) is 0 Å². The van der Waals surface area contributed by atoms with Crippen LogP contribution in [0, 0.1) is 18.3 Å². The van der Waals surface area contributed by atoms with Gasteiger partial charge in [0.1, 0.15) is 11.4 Å². The van der Waals surface area contributed by atoms with Gasteiger partial charge in [-0.15, -0.1) is 0 Å². The molecule has 1 aliphatic carbocycles. The van der Waals surface area contributed by atoms with Crippen LogP contribution in [0.2, 0.25) is 0 Å². The molecule has 0 atom stereocenters. The smallest absolute Gasteiger partial charge is 0.305 e. The largest absolute Gasteiger partial charge is 0.417 e. The summed E-state index contributed by atoms with van der Waals surface area (Å²) in [6.07, 6.45) is -2.03. The Balaban J connectivity index is 1.86. The van der Waals surface area contributed by atoms with Crippen molar-refractivity contribution in [2.24, 2.45) is 4.99 Å². The Hall–Kier alpha value is -2.92. The van der Waals surface area contributed by atoms with Crippen LogP contribution in [0.4, 0.5) is 24.5 Å². The maximum absolute atomic E-state index is 13.5. The average molecular weight is 428 g/mol. The van der Waals surface area contributed by atoms with E-state index >= 15 is 0 Å². The second-order valence-corrected chi connectivity index (χ2v) is 7.93. The van der Waals surface area contributed by atoms with Gasteiger partial charge in [-0.25, -0.2) is 0 Å². The Labute approximate surface area is 178 Å². The summed E-state index contributed by atoms with van der Waals surface area (Å²) in [5.74, 6) is 0.636. The van der Waals surface area contributed by atoms with E-state index in [0.29, 0.717) is 10.9 Å². The summed E-state index contributed by atoms with van der Waals surface area (Å²) in [6, 6.07) is 13.2. The molecule has 2 aromatic carbocycles. The standard InChI is InChI=1S/C22H19F3N4S/c1-14-4-7-16(8-5-14)29-20(30)28(19(27-2)21(29)10-3-11-21)17-9-6-15(13-26)18(12-17)22(23,24)25/h4-9,12H,3,10-11H2,1-2H3/b27-19+. The maximum Gasteiger partial charge on any atom is 0.417 e. The zero-order chi connectivity index (χ0) is 21.7. The molecular formula is C22H19F3N4S. The predicted octanol–water partition coefficient (Wildman–Crippen LogP) is 5.45. The molecule has 1 aliphatic heterocycles. The van der Waals surface area contributed by atoms with Crippen molar-refractivity contribution in [2.75, 3.05) is 16.8 Å². The molecule has 0 amide bonds. The lowest BCUT2D eigenvalue weighted by molar-refractivity contribution is -0.137. The lowest BCUT2D eigenvalue weighted by atomic mass is 9.74. The summed E-state index contributed by atoms with van der Waals surface area (Å²) in [6.45, 7) is 1.99. The van der Waals surface area contributed by atoms with Gasteiger partial charge in [-0.2, -0.15) is 18.4 Å². The number of anilines is 2. The van der Waals surface area contributed by atoms with E-state index in [-0.39, 0.29) is 5.69 Å². The number of nitriles is 1. The number of alkyl halides is 3.